The zero-order valence-corrected chi connectivity index (χ0v) is 21.1. The number of hydrogen-bond acceptors (Lipinski definition) is 9. The highest BCUT2D eigenvalue weighted by Crippen LogP contribution is 2.37. The minimum Gasteiger partial charge on any atom is -0.493 e. The van der Waals surface area contributed by atoms with E-state index in [0.29, 0.717) is 40.9 Å². The van der Waals surface area contributed by atoms with Crippen LogP contribution in [0.5, 0.6) is 23.0 Å². The molecule has 38 heavy (non-hydrogen) atoms. The molecule has 1 fully saturated rings. The first-order chi connectivity index (χ1) is 18.6. The first kappa shape index (κ1) is 25.4. The number of nitrogens with zero attached hydrogens (tertiary/aromatic N) is 4. The minimum absolute atomic E-state index is 0.167. The highest BCUT2D eigenvalue weighted by atomic mass is 16.5. The maximum Gasteiger partial charge on any atom is 0.268 e. The molecule has 4 aromatic rings. The number of aromatic nitrogens is 3. The molecule has 0 spiro atoms. The Bertz CT molecular complexity index is 1410. The summed E-state index contributed by atoms with van der Waals surface area (Å²) in [5.74, 6) is 1.75. The van der Waals surface area contributed by atoms with Crippen LogP contribution in [0, 0.1) is 0 Å². The lowest BCUT2D eigenvalue weighted by Gasteiger charge is -2.26. The molecule has 0 saturated carbocycles. The second-order valence-electron chi connectivity index (χ2n) is 8.73. The number of carbonyl (C=O) groups is 1. The van der Waals surface area contributed by atoms with E-state index in [-0.39, 0.29) is 5.69 Å². The van der Waals surface area contributed by atoms with Crippen LogP contribution in [0.15, 0.2) is 61.1 Å². The molecule has 10 heteroatoms. The number of hydrogen-bond donors (Lipinski definition) is 1. The monoisotopic (exact) mass is 515 g/mol. The zero-order valence-electron chi connectivity index (χ0n) is 21.1. The Labute approximate surface area is 220 Å². The first-order valence-electron chi connectivity index (χ1n) is 12.4. The second kappa shape index (κ2) is 11.8. The summed E-state index contributed by atoms with van der Waals surface area (Å²) >= 11 is 0. The molecule has 3 aromatic heterocycles. The molecule has 0 unspecified atom stereocenters. The van der Waals surface area contributed by atoms with Gasteiger partial charge in [0.2, 0.25) is 0 Å². The molecule has 1 amide bonds. The maximum absolute atomic E-state index is 11.7. The van der Waals surface area contributed by atoms with E-state index in [4.69, 9.17) is 24.7 Å². The molecule has 1 aromatic carbocycles. The van der Waals surface area contributed by atoms with Gasteiger partial charge in [0.05, 0.1) is 44.3 Å². The molecule has 1 saturated heterocycles. The van der Waals surface area contributed by atoms with Crippen LogP contribution in [0.25, 0.3) is 22.2 Å². The van der Waals surface area contributed by atoms with E-state index < -0.39 is 5.91 Å². The average molecular weight is 516 g/mol. The number of methoxy groups -OCH3 is 1. The van der Waals surface area contributed by atoms with Crippen molar-refractivity contribution in [2.75, 3.05) is 46.6 Å². The topological polar surface area (TPSA) is 122 Å². The van der Waals surface area contributed by atoms with Gasteiger partial charge in [-0.2, -0.15) is 0 Å². The predicted molar refractivity (Wildman–Crippen MR) is 142 cm³/mol. The van der Waals surface area contributed by atoms with Crippen molar-refractivity contribution < 1.29 is 23.7 Å². The van der Waals surface area contributed by atoms with Gasteiger partial charge in [-0.25, -0.2) is 0 Å². The smallest absolute Gasteiger partial charge is 0.268 e. The molecule has 1 aliphatic heterocycles. The van der Waals surface area contributed by atoms with Crippen molar-refractivity contribution >= 4 is 16.8 Å². The van der Waals surface area contributed by atoms with Crippen LogP contribution in [0.1, 0.15) is 16.9 Å². The summed E-state index contributed by atoms with van der Waals surface area (Å²) in [6.07, 6.45) is 5.69. The fourth-order valence-electron chi connectivity index (χ4n) is 4.32. The lowest BCUT2D eigenvalue weighted by Crippen LogP contribution is -2.37. The number of rotatable bonds is 10. The Morgan fingerprint density at radius 3 is 2.66 bits per heavy atom. The molecule has 0 aliphatic carbocycles. The number of ether oxygens (including phenoxy) is 4. The van der Waals surface area contributed by atoms with E-state index in [2.05, 4.69) is 19.9 Å². The molecule has 1 aliphatic rings. The standard InChI is InChI=1S/C28H29N5O5/c1-35-25-16-21-23(17-26(25)37-13-3-10-33-11-14-36-15-12-33)30-9-7-24(21)38-19-5-6-22(32-18-19)20-4-2-8-31-27(20)28(29)34/h2,4-9,16-18H,3,10-15H2,1H3,(H2,29,34). The largest absolute Gasteiger partial charge is 0.493 e. The lowest BCUT2D eigenvalue weighted by atomic mass is 10.1. The van der Waals surface area contributed by atoms with E-state index in [1.165, 1.54) is 6.20 Å². The van der Waals surface area contributed by atoms with E-state index in [1.807, 2.05) is 12.1 Å². The molecule has 5 rings (SSSR count). The summed E-state index contributed by atoms with van der Waals surface area (Å²) in [6.45, 7) is 5.03. The maximum atomic E-state index is 11.7. The van der Waals surface area contributed by atoms with Gasteiger partial charge in [0.25, 0.3) is 5.91 Å². The van der Waals surface area contributed by atoms with Crippen molar-refractivity contribution in [1.82, 2.24) is 19.9 Å². The molecule has 0 bridgehead atoms. The van der Waals surface area contributed by atoms with Gasteiger partial charge in [0.15, 0.2) is 11.5 Å². The van der Waals surface area contributed by atoms with Crippen LogP contribution >= 0.6 is 0 Å². The second-order valence-corrected chi connectivity index (χ2v) is 8.73. The summed E-state index contributed by atoms with van der Waals surface area (Å²) in [5, 5.41) is 0.775. The van der Waals surface area contributed by atoms with E-state index in [9.17, 15) is 4.79 Å². The van der Waals surface area contributed by atoms with Crippen molar-refractivity contribution in [2.24, 2.45) is 5.73 Å². The molecule has 196 valence electrons. The zero-order chi connectivity index (χ0) is 26.3. The van der Waals surface area contributed by atoms with Crippen LogP contribution in [0.4, 0.5) is 0 Å². The predicted octanol–water partition coefficient (Wildman–Crippen LogP) is 3.69. The number of carbonyl (C=O) groups excluding carboxylic acids is 1. The highest BCUT2D eigenvalue weighted by Gasteiger charge is 2.15. The lowest BCUT2D eigenvalue weighted by molar-refractivity contribution is 0.0357. The third-order valence-electron chi connectivity index (χ3n) is 6.25. The summed E-state index contributed by atoms with van der Waals surface area (Å²) in [6, 6.07) is 12.5. The van der Waals surface area contributed by atoms with E-state index >= 15 is 0 Å². The summed E-state index contributed by atoms with van der Waals surface area (Å²) in [4.78, 5) is 27.1. The molecular formula is C28H29N5O5. The summed E-state index contributed by atoms with van der Waals surface area (Å²) < 4.78 is 23.2. The number of amides is 1. The summed E-state index contributed by atoms with van der Waals surface area (Å²) in [5.41, 5.74) is 7.46. The van der Waals surface area contributed by atoms with Gasteiger partial charge in [-0.3, -0.25) is 24.6 Å². The van der Waals surface area contributed by atoms with Crippen LogP contribution in [0.2, 0.25) is 0 Å². The molecule has 0 radical (unpaired) electrons. The Kier molecular flexibility index (Phi) is 7.91. The van der Waals surface area contributed by atoms with Crippen molar-refractivity contribution in [3.8, 4) is 34.3 Å². The molecule has 10 nitrogen and oxygen atoms in total. The van der Waals surface area contributed by atoms with Crippen LogP contribution in [-0.2, 0) is 4.74 Å². The highest BCUT2D eigenvalue weighted by molar-refractivity contribution is 5.97. The average Bonchev–Trinajstić information content (AvgIpc) is 2.96. The van der Waals surface area contributed by atoms with Gasteiger partial charge in [-0.15, -0.1) is 0 Å². The molecular weight excluding hydrogens is 486 g/mol. The van der Waals surface area contributed by atoms with Gasteiger partial charge in [0, 0.05) is 49.0 Å². The quantitative estimate of drug-likeness (QED) is 0.315. The van der Waals surface area contributed by atoms with Gasteiger partial charge in [-0.05, 0) is 42.8 Å². The third kappa shape index (κ3) is 5.82. The molecule has 2 N–H and O–H groups in total. The number of morpholine rings is 1. The SMILES string of the molecule is COc1cc2c(Oc3ccc(-c4cccnc4C(N)=O)nc3)ccnc2cc1OCCCN1CCOCC1. The van der Waals surface area contributed by atoms with E-state index in [1.54, 1.807) is 49.8 Å². The summed E-state index contributed by atoms with van der Waals surface area (Å²) in [7, 11) is 1.61. The van der Waals surface area contributed by atoms with Crippen molar-refractivity contribution in [1.29, 1.82) is 0 Å². The Balaban J connectivity index is 1.30. The van der Waals surface area contributed by atoms with Gasteiger partial charge in [-0.1, -0.05) is 0 Å². The fourth-order valence-corrected chi connectivity index (χ4v) is 4.32. The number of benzene rings is 1. The van der Waals surface area contributed by atoms with Gasteiger partial charge < -0.3 is 24.7 Å². The van der Waals surface area contributed by atoms with Gasteiger partial charge in [0.1, 0.15) is 17.2 Å². The fraction of sp³-hybridized carbons (Fsp3) is 0.286. The van der Waals surface area contributed by atoms with Crippen molar-refractivity contribution in [2.45, 2.75) is 6.42 Å². The number of fused-ring (bicyclic) bond motifs is 1. The van der Waals surface area contributed by atoms with Crippen LogP contribution in [-0.4, -0.2) is 72.3 Å². The van der Waals surface area contributed by atoms with Gasteiger partial charge >= 0.3 is 0 Å². The van der Waals surface area contributed by atoms with Crippen molar-refractivity contribution in [3.05, 3.63) is 66.7 Å². The normalized spacial score (nSPS) is 13.8. The minimum atomic E-state index is -0.611. The third-order valence-corrected chi connectivity index (χ3v) is 6.25. The Morgan fingerprint density at radius 2 is 1.89 bits per heavy atom. The number of nitrogens with two attached hydrogens (primary N) is 1. The van der Waals surface area contributed by atoms with Crippen LogP contribution in [0.3, 0.4) is 0 Å². The molecule has 4 heterocycles. The van der Waals surface area contributed by atoms with E-state index in [0.717, 1.165) is 50.2 Å². The molecule has 0 atom stereocenters. The Hall–Kier alpha value is -4.28. The number of primary amides is 1. The van der Waals surface area contributed by atoms with Crippen molar-refractivity contribution in [3.63, 3.8) is 0 Å². The number of pyridine rings is 3. The first-order valence-corrected chi connectivity index (χ1v) is 12.4. The van der Waals surface area contributed by atoms with Crippen LogP contribution < -0.4 is 19.9 Å². The Morgan fingerprint density at radius 1 is 1.03 bits per heavy atom.